The van der Waals surface area contributed by atoms with Gasteiger partial charge in [0.25, 0.3) is 0 Å². The van der Waals surface area contributed by atoms with Gasteiger partial charge in [-0.05, 0) is 74.5 Å². The number of likely N-dealkylation sites (tertiary alicyclic amines) is 1. The Morgan fingerprint density at radius 2 is 1.81 bits per heavy atom. The van der Waals surface area contributed by atoms with E-state index in [1.807, 2.05) is 49.2 Å². The average molecular weight is 637 g/mol. The van der Waals surface area contributed by atoms with Crippen molar-refractivity contribution >= 4 is 34.1 Å². The molecule has 5 heterocycles. The summed E-state index contributed by atoms with van der Waals surface area (Å²) in [6.45, 7) is 6.89. The average Bonchev–Trinajstić information content (AvgIpc) is 3.86. The molecule has 2 fully saturated rings. The van der Waals surface area contributed by atoms with Crippen LogP contribution in [0.25, 0.3) is 33.7 Å². The maximum Gasteiger partial charge on any atom is 0.236 e. The van der Waals surface area contributed by atoms with Crippen LogP contribution in [0, 0.1) is 11.7 Å². The molecule has 0 spiro atoms. The Bertz CT molecular complexity index is 1880. The lowest BCUT2D eigenvalue weighted by atomic mass is 10.1. The number of hydrogen-bond donors (Lipinski definition) is 1. The first-order valence-electron chi connectivity index (χ1n) is 16.0. The summed E-state index contributed by atoms with van der Waals surface area (Å²) < 4.78 is 15.1. The number of pyridine rings is 1. The van der Waals surface area contributed by atoms with Crippen LogP contribution in [-0.2, 0) is 16.6 Å². The summed E-state index contributed by atoms with van der Waals surface area (Å²) in [4.78, 5) is 43.7. The van der Waals surface area contributed by atoms with E-state index in [9.17, 15) is 14.0 Å². The fourth-order valence-corrected chi connectivity index (χ4v) is 6.54. The number of carbonyl (C=O) groups excluding carboxylic acids is 2. The van der Waals surface area contributed by atoms with Gasteiger partial charge in [0, 0.05) is 68.6 Å². The quantitative estimate of drug-likeness (QED) is 0.275. The topological polar surface area (TPSA) is 119 Å². The van der Waals surface area contributed by atoms with Crippen LogP contribution in [-0.4, -0.2) is 104 Å². The van der Waals surface area contributed by atoms with Crippen LogP contribution in [0.15, 0.2) is 67.1 Å². The number of aromatic amines is 1. The number of carbonyl (C=O) groups is 2. The van der Waals surface area contributed by atoms with Crippen molar-refractivity contribution in [3.63, 3.8) is 0 Å². The van der Waals surface area contributed by atoms with Gasteiger partial charge in [0.05, 0.1) is 29.9 Å². The molecule has 0 saturated carbocycles. The Morgan fingerprint density at radius 3 is 2.51 bits per heavy atom. The Labute approximate surface area is 271 Å². The van der Waals surface area contributed by atoms with Crippen molar-refractivity contribution in [3.05, 3.63) is 72.9 Å². The molecular formula is C34H37FN10O2. The van der Waals surface area contributed by atoms with Gasteiger partial charge in [0.2, 0.25) is 11.8 Å². The maximum absolute atomic E-state index is 13.8. The molecule has 12 nitrogen and oxygen atoms in total. The number of benzene rings is 2. The van der Waals surface area contributed by atoms with Crippen molar-refractivity contribution in [3.8, 4) is 22.8 Å². The predicted octanol–water partition coefficient (Wildman–Crippen LogP) is 3.58. The first-order valence-corrected chi connectivity index (χ1v) is 16.0. The highest BCUT2D eigenvalue weighted by Gasteiger charge is 2.33. The predicted molar refractivity (Wildman–Crippen MR) is 177 cm³/mol. The van der Waals surface area contributed by atoms with Gasteiger partial charge in [0.15, 0.2) is 5.82 Å². The van der Waals surface area contributed by atoms with Gasteiger partial charge in [-0.2, -0.15) is 10.2 Å². The van der Waals surface area contributed by atoms with Crippen LogP contribution in [0.5, 0.6) is 0 Å². The van der Waals surface area contributed by atoms with Crippen LogP contribution >= 0.6 is 0 Å². The zero-order valence-electron chi connectivity index (χ0n) is 26.5. The van der Waals surface area contributed by atoms with Crippen molar-refractivity contribution in [1.82, 2.24) is 39.7 Å². The van der Waals surface area contributed by atoms with E-state index in [0.717, 1.165) is 40.9 Å². The molecule has 2 aromatic carbocycles. The molecule has 0 radical (unpaired) electrons. The van der Waals surface area contributed by atoms with Crippen LogP contribution in [0.1, 0.15) is 13.3 Å². The zero-order chi connectivity index (χ0) is 32.5. The lowest BCUT2D eigenvalue weighted by Crippen LogP contribution is -2.51. The van der Waals surface area contributed by atoms with Gasteiger partial charge in [-0.1, -0.05) is 0 Å². The van der Waals surface area contributed by atoms with E-state index >= 15 is 0 Å². The van der Waals surface area contributed by atoms with E-state index in [1.165, 1.54) is 12.3 Å². The molecule has 47 heavy (non-hydrogen) atoms. The molecule has 1 N–H and O–H groups in total. The highest BCUT2D eigenvalue weighted by atomic mass is 19.1. The van der Waals surface area contributed by atoms with Gasteiger partial charge in [-0.25, -0.2) is 9.37 Å². The minimum atomic E-state index is -0.413. The summed E-state index contributed by atoms with van der Waals surface area (Å²) in [6, 6.07) is 16.9. The Morgan fingerprint density at radius 1 is 1.00 bits per heavy atom. The second-order valence-electron chi connectivity index (χ2n) is 12.1. The summed E-state index contributed by atoms with van der Waals surface area (Å²) in [7, 11) is 1.85. The zero-order valence-corrected chi connectivity index (χ0v) is 26.5. The van der Waals surface area contributed by atoms with Crippen LogP contribution in [0.3, 0.4) is 0 Å². The summed E-state index contributed by atoms with van der Waals surface area (Å²) in [5, 5.41) is 12.6. The number of fused-ring (bicyclic) bond motifs is 1. The third-order valence-electron chi connectivity index (χ3n) is 9.11. The molecule has 3 aromatic heterocycles. The van der Waals surface area contributed by atoms with Crippen LogP contribution < -0.4 is 9.80 Å². The summed E-state index contributed by atoms with van der Waals surface area (Å²) >= 11 is 0. The largest absolute Gasteiger partial charge is 0.368 e. The standard InChI is InChI=1S/C34H37FN10O2/c1-3-45(27-9-11-29-28(18-27)32(39-38-29)30-10-6-25(35)19-36-30)34(47)24-12-13-42(20-24)21-31(46)44-16-14-43(15-17-44)26-7-4-23(5-8-26)33-37-22-41(2)40-33/h4-11,18-19,22,24H,3,12-17,20-21H2,1-2H3,(H,38,39)/t24-/m1/s1. The van der Waals surface area contributed by atoms with Crippen molar-refractivity contribution < 1.29 is 14.0 Å². The number of aromatic nitrogens is 6. The number of amides is 2. The molecule has 5 aromatic rings. The first-order chi connectivity index (χ1) is 22.9. The fraction of sp³-hybridized carbons (Fsp3) is 0.353. The minimum absolute atomic E-state index is 0.0465. The Balaban J connectivity index is 0.934. The van der Waals surface area contributed by atoms with Crippen LogP contribution in [0.4, 0.5) is 15.8 Å². The number of hydrogen-bond acceptors (Lipinski definition) is 8. The van der Waals surface area contributed by atoms with Crippen molar-refractivity contribution in [1.29, 1.82) is 0 Å². The van der Waals surface area contributed by atoms with Gasteiger partial charge in [-0.3, -0.25) is 29.3 Å². The number of piperazine rings is 1. The molecule has 2 saturated heterocycles. The number of nitrogens with one attached hydrogen (secondary N) is 1. The van der Waals surface area contributed by atoms with Gasteiger partial charge >= 0.3 is 0 Å². The molecule has 0 bridgehead atoms. The van der Waals surface area contributed by atoms with Gasteiger partial charge in [0.1, 0.15) is 17.8 Å². The molecule has 13 heteroatoms. The molecule has 7 rings (SSSR count). The monoisotopic (exact) mass is 636 g/mol. The number of halogens is 1. The Hall–Kier alpha value is -5.17. The van der Waals surface area contributed by atoms with E-state index < -0.39 is 5.82 Å². The van der Waals surface area contributed by atoms with Crippen molar-refractivity contribution in [2.24, 2.45) is 13.0 Å². The molecule has 242 valence electrons. The van der Waals surface area contributed by atoms with Crippen LogP contribution in [0.2, 0.25) is 0 Å². The second kappa shape index (κ2) is 12.9. The summed E-state index contributed by atoms with van der Waals surface area (Å²) in [5.41, 5.74) is 4.82. The minimum Gasteiger partial charge on any atom is -0.368 e. The number of aryl methyl sites for hydroxylation is 1. The van der Waals surface area contributed by atoms with E-state index in [2.05, 4.69) is 47.2 Å². The number of nitrogens with zero attached hydrogens (tertiary/aromatic N) is 9. The molecule has 2 aliphatic heterocycles. The highest BCUT2D eigenvalue weighted by molar-refractivity contribution is 6.00. The molecule has 1 atom stereocenters. The number of rotatable bonds is 8. The molecular weight excluding hydrogens is 599 g/mol. The molecule has 2 amide bonds. The van der Waals surface area contributed by atoms with E-state index in [1.54, 1.807) is 22.0 Å². The SMILES string of the molecule is CCN(C(=O)[C@@H]1CCN(CC(=O)N2CCN(c3ccc(-c4ncn(C)n4)cc3)CC2)C1)c1ccc2[nH]nc(-c3ccc(F)cn3)c2c1. The normalized spacial score (nSPS) is 17.0. The van der Waals surface area contributed by atoms with Gasteiger partial charge < -0.3 is 14.7 Å². The lowest BCUT2D eigenvalue weighted by molar-refractivity contribution is -0.132. The number of anilines is 2. The lowest BCUT2D eigenvalue weighted by Gasteiger charge is -2.36. The molecule has 2 aliphatic rings. The summed E-state index contributed by atoms with van der Waals surface area (Å²) in [6.07, 6.45) is 3.56. The number of H-pyrrole nitrogens is 1. The fourth-order valence-electron chi connectivity index (χ4n) is 6.54. The van der Waals surface area contributed by atoms with E-state index in [0.29, 0.717) is 62.9 Å². The third-order valence-corrected chi connectivity index (χ3v) is 9.11. The third kappa shape index (κ3) is 6.30. The highest BCUT2D eigenvalue weighted by Crippen LogP contribution is 2.30. The smallest absolute Gasteiger partial charge is 0.236 e. The van der Waals surface area contributed by atoms with E-state index in [-0.39, 0.29) is 17.7 Å². The Kier molecular flexibility index (Phi) is 8.37. The second-order valence-corrected chi connectivity index (χ2v) is 12.1. The summed E-state index contributed by atoms with van der Waals surface area (Å²) in [5.74, 6) is 0.249. The van der Waals surface area contributed by atoms with E-state index in [4.69, 9.17) is 0 Å². The molecule has 0 unspecified atom stereocenters. The maximum atomic E-state index is 13.8. The first kappa shape index (κ1) is 30.5. The van der Waals surface area contributed by atoms with Gasteiger partial charge in [-0.15, -0.1) is 0 Å². The van der Waals surface area contributed by atoms with Crippen molar-refractivity contribution in [2.75, 3.05) is 62.2 Å². The molecule has 0 aliphatic carbocycles. The van der Waals surface area contributed by atoms with Crippen molar-refractivity contribution in [2.45, 2.75) is 13.3 Å².